The van der Waals surface area contributed by atoms with Crippen LogP contribution in [0, 0.1) is 5.92 Å². The molecule has 6 heteroatoms. The maximum atomic E-state index is 12.1. The van der Waals surface area contributed by atoms with Crippen LogP contribution in [0.15, 0.2) is 24.3 Å². The molecule has 1 aliphatic rings. The molecule has 3 N–H and O–H groups in total. The van der Waals surface area contributed by atoms with Gasteiger partial charge in [0.25, 0.3) is 0 Å². The molecule has 0 aliphatic carbocycles. The monoisotopic (exact) mass is 327 g/mol. The molecule has 1 unspecified atom stereocenters. The summed E-state index contributed by atoms with van der Waals surface area (Å²) in [6.45, 7) is 4.36. The number of hydrogen-bond acceptors (Lipinski definition) is 4. The van der Waals surface area contributed by atoms with Crippen LogP contribution in [0.25, 0.3) is 0 Å². The highest BCUT2D eigenvalue weighted by molar-refractivity contribution is 5.93. The fourth-order valence-corrected chi connectivity index (χ4v) is 2.78. The quantitative estimate of drug-likeness (QED) is 0.869. The zero-order chi connectivity index (χ0) is 15.2. The third-order valence-corrected chi connectivity index (χ3v) is 4.12. The van der Waals surface area contributed by atoms with Crippen LogP contribution in [0.4, 0.5) is 5.69 Å². The third kappa shape index (κ3) is 5.16. The molecule has 1 aromatic rings. The van der Waals surface area contributed by atoms with Crippen molar-refractivity contribution in [1.29, 1.82) is 0 Å². The topological polar surface area (TPSA) is 67.6 Å². The van der Waals surface area contributed by atoms with Gasteiger partial charge in [0.1, 0.15) is 5.75 Å². The Morgan fingerprint density at radius 1 is 1.41 bits per heavy atom. The number of carbonyl (C=O) groups is 1. The van der Waals surface area contributed by atoms with Crippen LogP contribution in [-0.2, 0) is 4.79 Å². The molecule has 1 aliphatic heterocycles. The second kappa shape index (κ2) is 8.98. The number of halogens is 1. The summed E-state index contributed by atoms with van der Waals surface area (Å²) in [5.41, 5.74) is 6.65. The van der Waals surface area contributed by atoms with Crippen molar-refractivity contribution in [3.8, 4) is 5.75 Å². The fraction of sp³-hybridized carbons (Fsp3) is 0.562. The minimum absolute atomic E-state index is 0. The van der Waals surface area contributed by atoms with Gasteiger partial charge in [-0.2, -0.15) is 0 Å². The average Bonchev–Trinajstić information content (AvgIpc) is 2.48. The van der Waals surface area contributed by atoms with Gasteiger partial charge in [0.15, 0.2) is 0 Å². The number of nitrogens with zero attached hydrogens (tertiary/aromatic N) is 1. The molecule has 1 fully saturated rings. The van der Waals surface area contributed by atoms with Gasteiger partial charge in [-0.1, -0.05) is 12.1 Å². The van der Waals surface area contributed by atoms with E-state index in [-0.39, 0.29) is 24.4 Å². The second-order valence-electron chi connectivity index (χ2n) is 5.72. The normalized spacial score (nSPS) is 17.4. The van der Waals surface area contributed by atoms with Gasteiger partial charge in [-0.3, -0.25) is 9.69 Å². The molecular weight excluding hydrogens is 302 g/mol. The number of rotatable bonds is 5. The van der Waals surface area contributed by atoms with Crippen LogP contribution in [0.1, 0.15) is 19.8 Å². The smallest absolute Gasteiger partial charge is 0.238 e. The first-order valence-electron chi connectivity index (χ1n) is 7.51. The van der Waals surface area contributed by atoms with Crippen molar-refractivity contribution in [3.05, 3.63) is 24.3 Å². The van der Waals surface area contributed by atoms with Crippen LogP contribution in [0.3, 0.4) is 0 Å². The number of nitrogens with one attached hydrogen (secondary N) is 1. The molecular formula is C16H26ClN3O2. The van der Waals surface area contributed by atoms with Gasteiger partial charge >= 0.3 is 0 Å². The molecule has 1 saturated heterocycles. The minimum atomic E-state index is -0.00116. The first-order valence-corrected chi connectivity index (χ1v) is 7.51. The molecule has 5 nitrogen and oxygen atoms in total. The van der Waals surface area contributed by atoms with E-state index in [1.165, 1.54) is 0 Å². The molecule has 2 rings (SSSR count). The first kappa shape index (κ1) is 18.7. The highest BCUT2D eigenvalue weighted by Crippen LogP contribution is 2.23. The number of nitrogens with two attached hydrogens (primary N) is 1. The van der Waals surface area contributed by atoms with E-state index in [0.29, 0.717) is 18.2 Å². The summed E-state index contributed by atoms with van der Waals surface area (Å²) in [5.74, 6) is 1.26. The summed E-state index contributed by atoms with van der Waals surface area (Å²) >= 11 is 0. The molecule has 124 valence electrons. The summed E-state index contributed by atoms with van der Waals surface area (Å²) in [5, 5.41) is 2.91. The van der Waals surface area contributed by atoms with Crippen LogP contribution in [0.5, 0.6) is 5.75 Å². The number of likely N-dealkylation sites (tertiary alicyclic amines) is 1. The van der Waals surface area contributed by atoms with Gasteiger partial charge in [0.05, 0.1) is 19.3 Å². The third-order valence-electron chi connectivity index (χ3n) is 4.12. The Morgan fingerprint density at radius 3 is 2.64 bits per heavy atom. The zero-order valence-corrected chi connectivity index (χ0v) is 14.1. The Labute approximate surface area is 138 Å². The minimum Gasteiger partial charge on any atom is -0.495 e. The van der Waals surface area contributed by atoms with Gasteiger partial charge in [-0.25, -0.2) is 0 Å². The maximum Gasteiger partial charge on any atom is 0.238 e. The lowest BCUT2D eigenvalue weighted by atomic mass is 9.91. The van der Waals surface area contributed by atoms with E-state index in [4.69, 9.17) is 10.5 Å². The first-order chi connectivity index (χ1) is 10.1. The van der Waals surface area contributed by atoms with E-state index < -0.39 is 0 Å². The molecule has 1 heterocycles. The molecule has 0 aromatic heterocycles. The molecule has 1 amide bonds. The number of anilines is 1. The lowest BCUT2D eigenvalue weighted by molar-refractivity contribution is -0.117. The van der Waals surface area contributed by atoms with Crippen LogP contribution >= 0.6 is 12.4 Å². The lowest BCUT2D eigenvalue weighted by Gasteiger charge is -2.33. The molecule has 1 atom stereocenters. The average molecular weight is 328 g/mol. The number of carbonyl (C=O) groups excluding carboxylic acids is 1. The van der Waals surface area contributed by atoms with Crippen molar-refractivity contribution in [2.75, 3.05) is 32.1 Å². The Balaban J connectivity index is 0.00000242. The van der Waals surface area contributed by atoms with E-state index in [0.717, 1.165) is 31.6 Å². The molecule has 0 bridgehead atoms. The van der Waals surface area contributed by atoms with Gasteiger partial charge < -0.3 is 15.8 Å². The molecule has 0 saturated carbocycles. The number of methoxy groups -OCH3 is 1. The number of piperidine rings is 1. The van der Waals surface area contributed by atoms with Crippen LogP contribution in [-0.4, -0.2) is 43.6 Å². The summed E-state index contributed by atoms with van der Waals surface area (Å²) in [4.78, 5) is 14.3. The second-order valence-corrected chi connectivity index (χ2v) is 5.72. The van der Waals surface area contributed by atoms with E-state index in [1.54, 1.807) is 7.11 Å². The van der Waals surface area contributed by atoms with E-state index in [2.05, 4.69) is 17.1 Å². The largest absolute Gasteiger partial charge is 0.495 e. The Hall–Kier alpha value is -1.30. The molecule has 0 spiro atoms. The van der Waals surface area contributed by atoms with E-state index in [9.17, 15) is 4.79 Å². The predicted molar refractivity (Wildman–Crippen MR) is 91.7 cm³/mol. The highest BCUT2D eigenvalue weighted by atomic mass is 35.5. The van der Waals surface area contributed by atoms with Crippen LogP contribution < -0.4 is 15.8 Å². The van der Waals surface area contributed by atoms with E-state index >= 15 is 0 Å². The van der Waals surface area contributed by atoms with Crippen molar-refractivity contribution in [2.24, 2.45) is 11.7 Å². The van der Waals surface area contributed by atoms with E-state index in [1.807, 2.05) is 24.3 Å². The number of hydrogen-bond donors (Lipinski definition) is 2. The van der Waals surface area contributed by atoms with Gasteiger partial charge in [-0.15, -0.1) is 12.4 Å². The molecule has 0 radical (unpaired) electrons. The van der Waals surface area contributed by atoms with Crippen molar-refractivity contribution in [2.45, 2.75) is 25.8 Å². The standard InChI is InChI=1S/C16H25N3O2.ClH/c1-12(17)13-7-9-19(10-8-13)11-16(20)18-14-5-3-4-6-15(14)21-2;/h3-6,12-13H,7-11,17H2,1-2H3,(H,18,20);1H. The number of para-hydroxylation sites is 2. The lowest BCUT2D eigenvalue weighted by Crippen LogP contribution is -2.42. The number of amides is 1. The summed E-state index contributed by atoms with van der Waals surface area (Å²) in [6.07, 6.45) is 2.14. The summed E-state index contributed by atoms with van der Waals surface area (Å²) in [7, 11) is 1.60. The molecule has 1 aromatic carbocycles. The zero-order valence-electron chi connectivity index (χ0n) is 13.2. The van der Waals surface area contributed by atoms with Crippen molar-refractivity contribution >= 4 is 24.0 Å². The number of benzene rings is 1. The van der Waals surface area contributed by atoms with Crippen LogP contribution in [0.2, 0.25) is 0 Å². The van der Waals surface area contributed by atoms with Crippen molar-refractivity contribution in [3.63, 3.8) is 0 Å². The van der Waals surface area contributed by atoms with Crippen molar-refractivity contribution < 1.29 is 9.53 Å². The Kier molecular flexibility index (Phi) is 7.65. The Bertz CT molecular complexity index is 474. The maximum absolute atomic E-state index is 12.1. The van der Waals surface area contributed by atoms with Crippen molar-refractivity contribution in [1.82, 2.24) is 4.90 Å². The SMILES string of the molecule is COc1ccccc1NC(=O)CN1CCC(C(C)N)CC1.Cl. The number of ether oxygens (including phenoxy) is 1. The summed E-state index contributed by atoms with van der Waals surface area (Å²) < 4.78 is 5.23. The predicted octanol–water partition coefficient (Wildman–Crippen LogP) is 2.11. The Morgan fingerprint density at radius 2 is 2.05 bits per heavy atom. The fourth-order valence-electron chi connectivity index (χ4n) is 2.78. The van der Waals surface area contributed by atoms with Gasteiger partial charge in [-0.05, 0) is 50.9 Å². The summed E-state index contributed by atoms with van der Waals surface area (Å²) in [6, 6.07) is 7.69. The molecule has 22 heavy (non-hydrogen) atoms. The highest BCUT2D eigenvalue weighted by Gasteiger charge is 2.23. The van der Waals surface area contributed by atoms with Gasteiger partial charge in [0, 0.05) is 6.04 Å². The van der Waals surface area contributed by atoms with Gasteiger partial charge in [0.2, 0.25) is 5.91 Å².